The van der Waals surface area contributed by atoms with E-state index in [-0.39, 0.29) is 11.8 Å². The Balaban J connectivity index is 2.06. The summed E-state index contributed by atoms with van der Waals surface area (Å²) in [5.41, 5.74) is -0.560. The first kappa shape index (κ1) is 15.8. The third kappa shape index (κ3) is 3.74. The van der Waals surface area contributed by atoms with Crippen molar-refractivity contribution in [3.63, 3.8) is 0 Å². The molecule has 0 aliphatic carbocycles. The van der Waals surface area contributed by atoms with Crippen molar-refractivity contribution in [3.05, 3.63) is 29.3 Å². The fraction of sp³-hybridized carbons (Fsp3) is 0.467. The number of nitrogens with zero attached hydrogens (tertiary/aromatic N) is 1. The Morgan fingerprint density at radius 2 is 1.95 bits per heavy atom. The summed E-state index contributed by atoms with van der Waals surface area (Å²) in [6.07, 6.45) is 0. The number of nitrogens with one attached hydrogen (secondary N) is 1. The van der Waals surface area contributed by atoms with E-state index < -0.39 is 5.41 Å². The van der Waals surface area contributed by atoms with E-state index in [0.717, 1.165) is 0 Å². The molecule has 2 rings (SSSR count). The highest BCUT2D eigenvalue weighted by molar-refractivity contribution is 6.31. The first-order chi connectivity index (χ1) is 9.91. The molecular formula is C15H19ClN2O3. The number of anilines is 1. The average molecular weight is 311 g/mol. The van der Waals surface area contributed by atoms with Crippen molar-refractivity contribution >= 4 is 29.1 Å². The molecule has 0 radical (unpaired) electrons. The minimum atomic E-state index is -1.14. The highest BCUT2D eigenvalue weighted by Gasteiger charge is 2.39. The quantitative estimate of drug-likeness (QED) is 0.870. The lowest BCUT2D eigenvalue weighted by atomic mass is 9.90. The predicted octanol–water partition coefficient (Wildman–Crippen LogP) is 2.16. The number of halogens is 1. The van der Waals surface area contributed by atoms with Crippen LogP contribution in [-0.2, 0) is 14.3 Å². The lowest BCUT2D eigenvalue weighted by Crippen LogP contribution is -2.51. The van der Waals surface area contributed by atoms with E-state index in [2.05, 4.69) is 5.32 Å². The Hall–Kier alpha value is -1.59. The molecule has 0 atom stereocenters. The van der Waals surface area contributed by atoms with Gasteiger partial charge in [0, 0.05) is 23.8 Å². The Labute approximate surface area is 129 Å². The van der Waals surface area contributed by atoms with Crippen molar-refractivity contribution in [2.75, 3.05) is 31.6 Å². The lowest BCUT2D eigenvalue weighted by Gasteiger charge is -2.33. The molecule has 1 aromatic carbocycles. The number of ether oxygens (including phenoxy) is 1. The molecule has 1 heterocycles. The van der Waals surface area contributed by atoms with Gasteiger partial charge in [0.05, 0.1) is 13.2 Å². The van der Waals surface area contributed by atoms with Gasteiger partial charge in [-0.05, 0) is 32.0 Å². The molecule has 1 fully saturated rings. The summed E-state index contributed by atoms with van der Waals surface area (Å²) >= 11 is 5.89. The van der Waals surface area contributed by atoms with Crippen LogP contribution in [0.25, 0.3) is 0 Å². The van der Waals surface area contributed by atoms with Crippen LogP contribution < -0.4 is 5.32 Å². The maximum Gasteiger partial charge on any atom is 0.239 e. The number of hydrogen-bond acceptors (Lipinski definition) is 3. The van der Waals surface area contributed by atoms with Gasteiger partial charge in [0.15, 0.2) is 0 Å². The van der Waals surface area contributed by atoms with E-state index in [1.165, 1.54) is 0 Å². The van der Waals surface area contributed by atoms with Gasteiger partial charge in [-0.25, -0.2) is 0 Å². The van der Waals surface area contributed by atoms with Gasteiger partial charge >= 0.3 is 0 Å². The number of morpholine rings is 1. The third-order valence-corrected chi connectivity index (χ3v) is 3.72. The molecule has 114 valence electrons. The van der Waals surface area contributed by atoms with Gasteiger partial charge in [0.1, 0.15) is 5.41 Å². The third-order valence-electron chi connectivity index (χ3n) is 3.48. The van der Waals surface area contributed by atoms with Gasteiger partial charge in [-0.3, -0.25) is 9.59 Å². The van der Waals surface area contributed by atoms with Gasteiger partial charge in [0.2, 0.25) is 11.8 Å². The van der Waals surface area contributed by atoms with Crippen LogP contribution in [0.15, 0.2) is 24.3 Å². The highest BCUT2D eigenvalue weighted by atomic mass is 35.5. The van der Waals surface area contributed by atoms with Gasteiger partial charge in [-0.1, -0.05) is 17.7 Å². The summed E-state index contributed by atoms with van der Waals surface area (Å²) < 4.78 is 5.22. The lowest BCUT2D eigenvalue weighted by molar-refractivity contribution is -0.149. The van der Waals surface area contributed by atoms with Gasteiger partial charge in [-0.2, -0.15) is 0 Å². The van der Waals surface area contributed by atoms with Crippen molar-refractivity contribution in [1.82, 2.24) is 4.90 Å². The zero-order valence-corrected chi connectivity index (χ0v) is 12.9. The van der Waals surface area contributed by atoms with Crippen molar-refractivity contribution in [1.29, 1.82) is 0 Å². The molecule has 21 heavy (non-hydrogen) atoms. The van der Waals surface area contributed by atoms with E-state index in [1.807, 2.05) is 0 Å². The Kier molecular flexibility index (Phi) is 4.85. The normalized spacial score (nSPS) is 15.7. The molecule has 1 N–H and O–H groups in total. The largest absolute Gasteiger partial charge is 0.378 e. The molecule has 1 aliphatic rings. The van der Waals surface area contributed by atoms with E-state index in [1.54, 1.807) is 43.0 Å². The standard InChI is InChI=1S/C15H19ClN2O3/c1-15(2,14(20)18-6-8-21-9-7-18)13(19)17-12-5-3-4-11(16)10-12/h3-5,10H,6-9H2,1-2H3,(H,17,19). The second-order valence-corrected chi connectivity index (χ2v) is 5.93. The van der Waals surface area contributed by atoms with Crippen LogP contribution >= 0.6 is 11.6 Å². The maximum absolute atomic E-state index is 12.5. The SMILES string of the molecule is CC(C)(C(=O)Nc1cccc(Cl)c1)C(=O)N1CCOCC1. The summed E-state index contributed by atoms with van der Waals surface area (Å²) in [4.78, 5) is 26.6. The van der Waals surface area contributed by atoms with E-state index in [4.69, 9.17) is 16.3 Å². The molecule has 6 heteroatoms. The molecule has 1 aliphatic heterocycles. The second-order valence-electron chi connectivity index (χ2n) is 5.49. The summed E-state index contributed by atoms with van der Waals surface area (Å²) in [6, 6.07) is 6.85. The summed E-state index contributed by atoms with van der Waals surface area (Å²) in [5.74, 6) is -0.536. The van der Waals surface area contributed by atoms with Crippen LogP contribution in [-0.4, -0.2) is 43.0 Å². The van der Waals surface area contributed by atoms with E-state index in [9.17, 15) is 9.59 Å². The fourth-order valence-corrected chi connectivity index (χ4v) is 2.30. The summed E-state index contributed by atoms with van der Waals surface area (Å²) in [6.45, 7) is 5.32. The minimum Gasteiger partial charge on any atom is -0.378 e. The number of hydrogen-bond donors (Lipinski definition) is 1. The summed E-state index contributed by atoms with van der Waals surface area (Å²) in [5, 5.41) is 3.27. The molecule has 0 saturated carbocycles. The first-order valence-corrected chi connectivity index (χ1v) is 7.23. The number of benzene rings is 1. The molecule has 0 aromatic heterocycles. The second kappa shape index (κ2) is 6.45. The first-order valence-electron chi connectivity index (χ1n) is 6.85. The van der Waals surface area contributed by atoms with E-state index >= 15 is 0 Å². The Morgan fingerprint density at radius 3 is 2.57 bits per heavy atom. The van der Waals surface area contributed by atoms with Crippen LogP contribution in [0.2, 0.25) is 5.02 Å². The zero-order chi connectivity index (χ0) is 15.5. The van der Waals surface area contributed by atoms with Crippen LogP contribution in [0.1, 0.15) is 13.8 Å². The number of amides is 2. The summed E-state index contributed by atoms with van der Waals surface area (Å²) in [7, 11) is 0. The Morgan fingerprint density at radius 1 is 1.29 bits per heavy atom. The zero-order valence-electron chi connectivity index (χ0n) is 12.2. The van der Waals surface area contributed by atoms with Crippen molar-refractivity contribution < 1.29 is 14.3 Å². The molecule has 0 bridgehead atoms. The molecule has 0 unspecified atom stereocenters. The molecule has 1 saturated heterocycles. The van der Waals surface area contributed by atoms with Gasteiger partial charge in [0.25, 0.3) is 0 Å². The van der Waals surface area contributed by atoms with E-state index in [0.29, 0.717) is 37.0 Å². The number of rotatable bonds is 3. The smallest absolute Gasteiger partial charge is 0.239 e. The van der Waals surface area contributed by atoms with Gasteiger partial charge in [-0.15, -0.1) is 0 Å². The minimum absolute atomic E-state index is 0.190. The monoisotopic (exact) mass is 310 g/mol. The van der Waals surface area contributed by atoms with Crippen molar-refractivity contribution in [2.45, 2.75) is 13.8 Å². The van der Waals surface area contributed by atoms with Crippen LogP contribution in [0.4, 0.5) is 5.69 Å². The molecule has 2 amide bonds. The molecule has 1 aromatic rings. The fourth-order valence-electron chi connectivity index (χ4n) is 2.11. The highest BCUT2D eigenvalue weighted by Crippen LogP contribution is 2.23. The Bertz CT molecular complexity index is 539. The van der Waals surface area contributed by atoms with Gasteiger partial charge < -0.3 is 15.0 Å². The molecular weight excluding hydrogens is 292 g/mol. The van der Waals surface area contributed by atoms with Crippen LogP contribution in [0, 0.1) is 5.41 Å². The topological polar surface area (TPSA) is 58.6 Å². The maximum atomic E-state index is 12.5. The molecule has 5 nitrogen and oxygen atoms in total. The predicted molar refractivity (Wildman–Crippen MR) is 81.3 cm³/mol. The van der Waals surface area contributed by atoms with Crippen LogP contribution in [0.5, 0.6) is 0 Å². The average Bonchev–Trinajstić information content (AvgIpc) is 2.47. The molecule has 0 spiro atoms. The van der Waals surface area contributed by atoms with Crippen LogP contribution in [0.3, 0.4) is 0 Å². The van der Waals surface area contributed by atoms with Crippen molar-refractivity contribution in [3.8, 4) is 0 Å². The van der Waals surface area contributed by atoms with Crippen molar-refractivity contribution in [2.24, 2.45) is 5.41 Å². The number of carbonyl (C=O) groups is 2. The number of carbonyl (C=O) groups excluding carboxylic acids is 2.